The van der Waals surface area contributed by atoms with Crippen LogP contribution in [0.5, 0.6) is 5.75 Å². The maximum atomic E-state index is 12.6. The number of rotatable bonds is 4. The summed E-state index contributed by atoms with van der Waals surface area (Å²) in [5.41, 5.74) is -0.699. The van der Waals surface area contributed by atoms with Crippen LogP contribution < -0.4 is 4.74 Å². The molecule has 1 aromatic rings. The second kappa shape index (κ2) is 6.08. The number of esters is 1. The second-order valence-corrected chi connectivity index (χ2v) is 4.09. The number of carbonyl (C=O) groups is 1. The molecule has 0 aliphatic rings. The molecule has 0 unspecified atom stereocenters. The highest BCUT2D eigenvalue weighted by Gasteiger charge is 2.22. The summed E-state index contributed by atoms with van der Waals surface area (Å²) >= 11 is 1.80. The predicted molar refractivity (Wildman–Crippen MR) is 64.4 cm³/mol. The first-order valence-electron chi connectivity index (χ1n) is 4.71. The van der Waals surface area contributed by atoms with Gasteiger partial charge in [-0.3, -0.25) is 0 Å². The normalized spacial score (nSPS) is 10.5. The first kappa shape index (κ1) is 14.1. The number of carbonyl (C=O) groups excluding carboxylic acids is 1. The molecule has 4 nitrogen and oxygen atoms in total. The van der Waals surface area contributed by atoms with Crippen LogP contribution in [-0.2, 0) is 4.74 Å². The molecule has 0 aliphatic heterocycles. The van der Waals surface area contributed by atoms with Gasteiger partial charge in [0.1, 0.15) is 5.69 Å². The lowest BCUT2D eigenvalue weighted by Gasteiger charge is -2.10. The van der Waals surface area contributed by atoms with E-state index in [1.54, 1.807) is 29.5 Å². The van der Waals surface area contributed by atoms with Crippen molar-refractivity contribution < 1.29 is 23.0 Å². The van der Waals surface area contributed by atoms with E-state index in [-0.39, 0.29) is 18.1 Å². The molecule has 0 atom stereocenters. The van der Waals surface area contributed by atoms with E-state index in [0.29, 0.717) is 3.57 Å². The van der Waals surface area contributed by atoms with Gasteiger partial charge in [-0.25, -0.2) is 18.6 Å². The minimum atomic E-state index is -2.75. The Hall–Kier alpha value is -0.990. The van der Waals surface area contributed by atoms with Crippen LogP contribution in [0.3, 0.4) is 0 Å². The van der Waals surface area contributed by atoms with Gasteiger partial charge in [-0.1, -0.05) is 0 Å². The van der Waals surface area contributed by atoms with E-state index in [2.05, 4.69) is 4.98 Å². The molecule has 7 heteroatoms. The third-order valence-corrected chi connectivity index (χ3v) is 2.65. The highest BCUT2D eigenvalue weighted by atomic mass is 127. The Morgan fingerprint density at radius 1 is 1.59 bits per heavy atom. The second-order valence-electron chi connectivity index (χ2n) is 2.93. The van der Waals surface area contributed by atoms with Gasteiger partial charge < -0.3 is 9.47 Å². The molecular weight excluding hydrogens is 347 g/mol. The summed E-state index contributed by atoms with van der Waals surface area (Å²) in [6, 6.07) is 1.17. The number of alkyl halides is 2. The highest BCUT2D eigenvalue weighted by Crippen LogP contribution is 2.29. The van der Waals surface area contributed by atoms with Crippen molar-refractivity contribution in [2.75, 3.05) is 13.7 Å². The standard InChI is InChI=1S/C10H10F2INO3/c1-3-17-10(15)7-8(16-2)5(13)4-6(14-7)9(11)12/h4,9H,3H2,1-2H3. The topological polar surface area (TPSA) is 48.4 Å². The van der Waals surface area contributed by atoms with Gasteiger partial charge in [-0.2, -0.15) is 0 Å². The lowest BCUT2D eigenvalue weighted by Crippen LogP contribution is -2.12. The first-order valence-corrected chi connectivity index (χ1v) is 5.78. The summed E-state index contributed by atoms with van der Waals surface area (Å²) in [5, 5.41) is 0. The van der Waals surface area contributed by atoms with Crippen molar-refractivity contribution in [3.8, 4) is 5.75 Å². The first-order chi connectivity index (χ1) is 8.01. The van der Waals surface area contributed by atoms with Crippen LogP contribution in [0.25, 0.3) is 0 Å². The molecule has 1 heterocycles. The van der Waals surface area contributed by atoms with E-state index in [1.807, 2.05) is 0 Å². The Balaban J connectivity index is 3.28. The Labute approximate surface area is 110 Å². The maximum absolute atomic E-state index is 12.6. The summed E-state index contributed by atoms with van der Waals surface area (Å²) < 4.78 is 35.2. The fourth-order valence-electron chi connectivity index (χ4n) is 1.16. The fourth-order valence-corrected chi connectivity index (χ4v) is 1.96. The van der Waals surface area contributed by atoms with Gasteiger partial charge in [0, 0.05) is 0 Å². The summed E-state index contributed by atoms with van der Waals surface area (Å²) in [7, 11) is 1.34. The van der Waals surface area contributed by atoms with Gasteiger partial charge in [0.05, 0.1) is 17.3 Å². The van der Waals surface area contributed by atoms with E-state index < -0.39 is 18.1 Å². The van der Waals surface area contributed by atoms with Crippen molar-refractivity contribution in [2.45, 2.75) is 13.3 Å². The Kier molecular flexibility index (Phi) is 5.03. The molecule has 94 valence electrons. The zero-order valence-electron chi connectivity index (χ0n) is 9.17. The van der Waals surface area contributed by atoms with Gasteiger partial charge in [0.2, 0.25) is 0 Å². The van der Waals surface area contributed by atoms with Crippen molar-refractivity contribution in [1.29, 1.82) is 0 Å². The van der Waals surface area contributed by atoms with Crippen LogP contribution in [0, 0.1) is 3.57 Å². The van der Waals surface area contributed by atoms with Crippen LogP contribution in [0.2, 0.25) is 0 Å². The molecule has 0 saturated carbocycles. The zero-order valence-corrected chi connectivity index (χ0v) is 11.3. The van der Waals surface area contributed by atoms with E-state index in [0.717, 1.165) is 0 Å². The number of halogens is 3. The number of hydrogen-bond acceptors (Lipinski definition) is 4. The molecule has 0 N–H and O–H groups in total. The number of hydrogen-bond donors (Lipinski definition) is 0. The van der Waals surface area contributed by atoms with Gasteiger partial charge in [-0.05, 0) is 35.6 Å². The largest absolute Gasteiger partial charge is 0.493 e. The van der Waals surface area contributed by atoms with Crippen molar-refractivity contribution in [3.05, 3.63) is 21.0 Å². The number of methoxy groups -OCH3 is 1. The molecule has 17 heavy (non-hydrogen) atoms. The zero-order chi connectivity index (χ0) is 13.0. The maximum Gasteiger partial charge on any atom is 0.360 e. The van der Waals surface area contributed by atoms with Crippen molar-refractivity contribution in [1.82, 2.24) is 4.98 Å². The number of aromatic nitrogens is 1. The SMILES string of the molecule is CCOC(=O)c1nc(C(F)F)cc(I)c1OC. The fraction of sp³-hybridized carbons (Fsp3) is 0.400. The van der Waals surface area contributed by atoms with Crippen LogP contribution in [0.4, 0.5) is 8.78 Å². The van der Waals surface area contributed by atoms with Crippen LogP contribution in [0.1, 0.15) is 29.5 Å². The highest BCUT2D eigenvalue weighted by molar-refractivity contribution is 14.1. The summed E-state index contributed by atoms with van der Waals surface area (Å²) in [6.45, 7) is 1.76. The van der Waals surface area contributed by atoms with Gasteiger partial charge >= 0.3 is 5.97 Å². The lowest BCUT2D eigenvalue weighted by atomic mass is 10.2. The average Bonchev–Trinajstić information content (AvgIpc) is 2.28. The van der Waals surface area contributed by atoms with E-state index >= 15 is 0 Å². The van der Waals surface area contributed by atoms with Gasteiger partial charge in [-0.15, -0.1) is 0 Å². The smallest absolute Gasteiger partial charge is 0.360 e. The third kappa shape index (κ3) is 3.24. The molecule has 0 aliphatic carbocycles. The quantitative estimate of drug-likeness (QED) is 0.614. The van der Waals surface area contributed by atoms with Crippen molar-refractivity contribution in [3.63, 3.8) is 0 Å². The molecule has 0 amide bonds. The van der Waals surface area contributed by atoms with Crippen LogP contribution in [0.15, 0.2) is 6.07 Å². The van der Waals surface area contributed by atoms with E-state index in [9.17, 15) is 13.6 Å². The Bertz CT molecular complexity index is 426. The molecule has 0 saturated heterocycles. The third-order valence-electron chi connectivity index (χ3n) is 1.84. The average molecular weight is 357 g/mol. The molecule has 0 fully saturated rings. The lowest BCUT2D eigenvalue weighted by molar-refractivity contribution is 0.0513. The predicted octanol–water partition coefficient (Wildman–Crippen LogP) is 2.81. The molecule has 0 radical (unpaired) electrons. The molecule has 1 aromatic heterocycles. The molecule has 0 spiro atoms. The number of pyridine rings is 1. The van der Waals surface area contributed by atoms with Crippen molar-refractivity contribution in [2.24, 2.45) is 0 Å². The van der Waals surface area contributed by atoms with Crippen LogP contribution in [-0.4, -0.2) is 24.7 Å². The van der Waals surface area contributed by atoms with E-state index in [1.165, 1.54) is 13.2 Å². The van der Waals surface area contributed by atoms with E-state index in [4.69, 9.17) is 9.47 Å². The minimum absolute atomic E-state index is 0.138. The molecule has 0 aromatic carbocycles. The Morgan fingerprint density at radius 2 is 2.24 bits per heavy atom. The van der Waals surface area contributed by atoms with Gasteiger partial charge in [0.25, 0.3) is 6.43 Å². The summed E-state index contributed by atoms with van der Waals surface area (Å²) in [4.78, 5) is 15.1. The summed E-state index contributed by atoms with van der Waals surface area (Å²) in [5.74, 6) is -0.627. The molecular formula is C10H10F2INO3. The molecule has 0 bridgehead atoms. The van der Waals surface area contributed by atoms with Gasteiger partial charge in [0.15, 0.2) is 11.4 Å². The van der Waals surface area contributed by atoms with Crippen LogP contribution >= 0.6 is 22.6 Å². The molecule has 1 rings (SSSR count). The number of ether oxygens (including phenoxy) is 2. The number of nitrogens with zero attached hydrogens (tertiary/aromatic N) is 1. The monoisotopic (exact) mass is 357 g/mol. The van der Waals surface area contributed by atoms with Crippen molar-refractivity contribution >= 4 is 28.6 Å². The summed E-state index contributed by atoms with van der Waals surface area (Å²) in [6.07, 6.45) is -2.75. The minimum Gasteiger partial charge on any atom is -0.493 e. The Morgan fingerprint density at radius 3 is 2.71 bits per heavy atom.